The van der Waals surface area contributed by atoms with Crippen molar-refractivity contribution in [1.82, 2.24) is 4.90 Å². The van der Waals surface area contributed by atoms with Crippen molar-refractivity contribution in [3.05, 3.63) is 37.8 Å². The third-order valence-corrected chi connectivity index (χ3v) is 3.97. The number of nitrogens with one attached hydrogen (secondary N) is 1. The lowest BCUT2D eigenvalue weighted by atomic mass is 10.3. The van der Waals surface area contributed by atoms with Gasteiger partial charge in [-0.25, -0.2) is 4.79 Å². The summed E-state index contributed by atoms with van der Waals surface area (Å²) in [7, 11) is 0. The lowest BCUT2D eigenvalue weighted by Crippen LogP contribution is -2.36. The quantitative estimate of drug-likeness (QED) is 0.696. The molecule has 3 nitrogen and oxygen atoms in total. The van der Waals surface area contributed by atoms with Gasteiger partial charge in [0.05, 0.1) is 28.2 Å². The molecule has 0 saturated heterocycles. The summed E-state index contributed by atoms with van der Waals surface area (Å²) < 4.78 is -0.124. The van der Waals surface area contributed by atoms with Crippen LogP contribution in [0.15, 0.2) is 27.7 Å². The van der Waals surface area contributed by atoms with Gasteiger partial charge in [-0.3, -0.25) is 0 Å². The Morgan fingerprint density at radius 1 is 1.24 bits per heavy atom. The zero-order chi connectivity index (χ0) is 16.0. The van der Waals surface area contributed by atoms with Gasteiger partial charge in [0, 0.05) is 5.69 Å². The molecule has 112 valence electrons. The smallest absolute Gasteiger partial charge is 0.308 e. The molecular formula is C13H9Cl5N2O. The molecule has 1 N–H and O–H groups in total. The number of hydrogen-bond donors (Lipinski definition) is 1. The van der Waals surface area contributed by atoms with Crippen LogP contribution < -0.4 is 5.32 Å². The van der Waals surface area contributed by atoms with E-state index in [1.54, 1.807) is 12.1 Å². The number of halogens is 5. The molecular weight excluding hydrogens is 377 g/mol. The van der Waals surface area contributed by atoms with Crippen LogP contribution >= 0.6 is 58.0 Å². The Hall–Kier alpha value is -0.760. The molecule has 21 heavy (non-hydrogen) atoms. The molecule has 0 radical (unpaired) electrons. The molecule has 0 bridgehead atoms. The first-order valence-electron chi connectivity index (χ1n) is 5.49. The number of hydrogen-bond acceptors (Lipinski definition) is 1. The highest BCUT2D eigenvalue weighted by molar-refractivity contribution is 6.59. The number of nitrogens with zero attached hydrogens (tertiary/aromatic N) is 1. The fourth-order valence-electron chi connectivity index (χ4n) is 1.31. The number of carbonyl (C=O) groups is 1. The minimum Gasteiger partial charge on any atom is -0.308 e. The average Bonchev–Trinajstić information content (AvgIpc) is 2.42. The number of benzene rings is 1. The summed E-state index contributed by atoms with van der Waals surface area (Å²) in [6, 6.07) is 4.21. The predicted octanol–water partition coefficient (Wildman–Crippen LogP) is 5.35. The maximum absolute atomic E-state index is 12.1. The van der Waals surface area contributed by atoms with Crippen molar-refractivity contribution in [3.63, 3.8) is 0 Å². The van der Waals surface area contributed by atoms with Crippen molar-refractivity contribution in [2.75, 3.05) is 18.4 Å². The van der Waals surface area contributed by atoms with Gasteiger partial charge in [0.2, 0.25) is 0 Å². The largest absolute Gasteiger partial charge is 0.322 e. The van der Waals surface area contributed by atoms with Crippen molar-refractivity contribution >= 4 is 69.7 Å². The highest BCUT2D eigenvalue weighted by atomic mass is 35.5. The number of terminal acetylenes is 1. The average molecular weight is 386 g/mol. The van der Waals surface area contributed by atoms with Crippen molar-refractivity contribution in [1.29, 1.82) is 0 Å². The van der Waals surface area contributed by atoms with E-state index in [0.717, 1.165) is 0 Å². The summed E-state index contributed by atoms with van der Waals surface area (Å²) in [5, 5.41) is 3.43. The zero-order valence-corrected chi connectivity index (χ0v) is 14.2. The van der Waals surface area contributed by atoms with E-state index < -0.39 is 6.03 Å². The maximum Gasteiger partial charge on any atom is 0.322 e. The van der Waals surface area contributed by atoms with E-state index in [1.807, 2.05) is 0 Å². The van der Waals surface area contributed by atoms with Crippen LogP contribution in [0.2, 0.25) is 10.0 Å². The van der Waals surface area contributed by atoms with Gasteiger partial charge < -0.3 is 10.2 Å². The molecule has 0 aromatic heterocycles. The summed E-state index contributed by atoms with van der Waals surface area (Å²) in [6.07, 6.45) is 5.22. The maximum atomic E-state index is 12.1. The second-order valence-electron chi connectivity index (χ2n) is 3.78. The molecule has 0 heterocycles. The monoisotopic (exact) mass is 384 g/mol. The van der Waals surface area contributed by atoms with Gasteiger partial charge in [-0.05, 0) is 18.2 Å². The van der Waals surface area contributed by atoms with E-state index in [0.29, 0.717) is 15.7 Å². The second kappa shape index (κ2) is 8.63. The molecule has 0 aliphatic heterocycles. The standard InChI is InChI=1S/C13H9Cl5N2O/c1-2-5-20(7-11(16)12(17)18)13(21)19-8-3-4-9(14)10(15)6-8/h1,3-4,6H,5,7H2,(H,19,21). The Labute approximate surface area is 147 Å². The highest BCUT2D eigenvalue weighted by Crippen LogP contribution is 2.25. The fraction of sp³-hybridized carbons (Fsp3) is 0.154. The van der Waals surface area contributed by atoms with E-state index in [2.05, 4.69) is 11.2 Å². The Bertz CT molecular complexity index is 605. The lowest BCUT2D eigenvalue weighted by Gasteiger charge is -2.20. The van der Waals surface area contributed by atoms with Gasteiger partial charge in [0.25, 0.3) is 0 Å². The number of amides is 2. The molecule has 2 amide bonds. The molecule has 0 spiro atoms. The van der Waals surface area contributed by atoms with Crippen molar-refractivity contribution in [2.45, 2.75) is 0 Å². The van der Waals surface area contributed by atoms with E-state index in [4.69, 9.17) is 64.4 Å². The fourth-order valence-corrected chi connectivity index (χ4v) is 1.88. The Balaban J connectivity index is 2.84. The van der Waals surface area contributed by atoms with Crippen LogP contribution in [0.3, 0.4) is 0 Å². The predicted molar refractivity (Wildman–Crippen MR) is 90.5 cm³/mol. The molecule has 0 unspecified atom stereocenters. The first-order chi connectivity index (χ1) is 9.85. The summed E-state index contributed by atoms with van der Waals surface area (Å²) >= 11 is 28.6. The topological polar surface area (TPSA) is 32.3 Å². The summed E-state index contributed by atoms with van der Waals surface area (Å²) in [6.45, 7) is 0.0195. The van der Waals surface area contributed by atoms with Crippen LogP contribution in [0.25, 0.3) is 0 Å². The molecule has 0 atom stereocenters. The second-order valence-corrected chi connectivity index (χ2v) is 6.00. The summed E-state index contributed by atoms with van der Waals surface area (Å²) in [5.74, 6) is 2.35. The third kappa shape index (κ3) is 5.86. The molecule has 0 fully saturated rings. The van der Waals surface area contributed by atoms with Crippen LogP contribution in [0, 0.1) is 12.3 Å². The van der Waals surface area contributed by atoms with Crippen molar-refractivity contribution < 1.29 is 4.79 Å². The Morgan fingerprint density at radius 2 is 1.90 bits per heavy atom. The molecule has 0 aliphatic rings. The number of carbonyl (C=O) groups excluding carboxylic acids is 1. The van der Waals surface area contributed by atoms with Crippen LogP contribution in [0.1, 0.15) is 0 Å². The third-order valence-electron chi connectivity index (χ3n) is 2.27. The molecule has 0 saturated carbocycles. The zero-order valence-electron chi connectivity index (χ0n) is 10.5. The van der Waals surface area contributed by atoms with E-state index in [1.165, 1.54) is 11.0 Å². The summed E-state index contributed by atoms with van der Waals surface area (Å²) in [4.78, 5) is 13.4. The van der Waals surface area contributed by atoms with Crippen LogP contribution in [-0.2, 0) is 0 Å². The minimum absolute atomic E-state index is 0.0127. The van der Waals surface area contributed by atoms with Crippen LogP contribution in [0.4, 0.5) is 10.5 Å². The number of rotatable bonds is 4. The normalized spacial score (nSPS) is 9.71. The molecule has 1 aromatic rings. The van der Waals surface area contributed by atoms with Crippen molar-refractivity contribution in [2.24, 2.45) is 0 Å². The Kier molecular flexibility index (Phi) is 7.51. The highest BCUT2D eigenvalue weighted by Gasteiger charge is 2.15. The van der Waals surface area contributed by atoms with Gasteiger partial charge in [-0.1, -0.05) is 63.9 Å². The van der Waals surface area contributed by atoms with Gasteiger partial charge in [-0.2, -0.15) is 0 Å². The molecule has 8 heteroatoms. The van der Waals surface area contributed by atoms with Gasteiger partial charge in [0.1, 0.15) is 4.49 Å². The van der Waals surface area contributed by atoms with E-state index in [9.17, 15) is 4.79 Å². The number of urea groups is 1. The van der Waals surface area contributed by atoms with Crippen LogP contribution in [-0.4, -0.2) is 24.0 Å². The minimum atomic E-state index is -0.473. The van der Waals surface area contributed by atoms with Gasteiger partial charge in [-0.15, -0.1) is 6.42 Å². The first-order valence-corrected chi connectivity index (χ1v) is 7.38. The number of anilines is 1. The first kappa shape index (κ1) is 18.3. The molecule has 1 aromatic carbocycles. The Morgan fingerprint density at radius 3 is 2.43 bits per heavy atom. The molecule has 0 aliphatic carbocycles. The van der Waals surface area contributed by atoms with Crippen LogP contribution in [0.5, 0.6) is 0 Å². The van der Waals surface area contributed by atoms with Crippen molar-refractivity contribution in [3.8, 4) is 12.3 Å². The lowest BCUT2D eigenvalue weighted by molar-refractivity contribution is 0.222. The molecule has 1 rings (SSSR count). The summed E-state index contributed by atoms with van der Waals surface area (Å²) in [5.41, 5.74) is 0.466. The van der Waals surface area contributed by atoms with Gasteiger partial charge >= 0.3 is 6.03 Å². The van der Waals surface area contributed by atoms with E-state index >= 15 is 0 Å². The van der Waals surface area contributed by atoms with E-state index in [-0.39, 0.29) is 22.6 Å². The SMILES string of the molecule is C#CCN(CC(Cl)=C(Cl)Cl)C(=O)Nc1ccc(Cl)c(Cl)c1. The van der Waals surface area contributed by atoms with Gasteiger partial charge in [0.15, 0.2) is 0 Å².